The van der Waals surface area contributed by atoms with Crippen molar-refractivity contribution in [3.05, 3.63) is 33.8 Å². The van der Waals surface area contributed by atoms with Crippen molar-refractivity contribution in [1.82, 2.24) is 9.37 Å². The summed E-state index contributed by atoms with van der Waals surface area (Å²) in [5.41, 5.74) is 0.710. The first-order valence-corrected chi connectivity index (χ1v) is 11.5. The van der Waals surface area contributed by atoms with Crippen LogP contribution in [0.1, 0.15) is 31.4 Å². The van der Waals surface area contributed by atoms with Crippen LogP contribution in [0.25, 0.3) is 0 Å². The van der Waals surface area contributed by atoms with E-state index in [0.29, 0.717) is 35.0 Å². The van der Waals surface area contributed by atoms with Crippen LogP contribution in [0.15, 0.2) is 18.2 Å². The van der Waals surface area contributed by atoms with Gasteiger partial charge in [0.15, 0.2) is 0 Å². The highest BCUT2D eigenvalue weighted by atomic mass is 35.5. The maximum Gasteiger partial charge on any atom is 0.310 e. The van der Waals surface area contributed by atoms with Gasteiger partial charge in [0, 0.05) is 20.1 Å². The Morgan fingerprint density at radius 1 is 1.32 bits per heavy atom. The van der Waals surface area contributed by atoms with Crippen molar-refractivity contribution < 1.29 is 22.8 Å². The first kappa shape index (κ1) is 21.8. The molecule has 2 saturated heterocycles. The number of carbonyl (C=O) groups is 1. The minimum absolute atomic E-state index is 0.0321. The summed E-state index contributed by atoms with van der Waals surface area (Å²) in [5.74, 6) is -0.782. The molecule has 0 amide bonds. The molecule has 0 radical (unpaired) electrons. The smallest absolute Gasteiger partial charge is 0.310 e. The fourth-order valence-corrected chi connectivity index (χ4v) is 6.13. The Bertz CT molecular complexity index is 835. The summed E-state index contributed by atoms with van der Waals surface area (Å²) in [5, 5.41) is 1.49. The number of rotatable bonds is 5. The predicted molar refractivity (Wildman–Crippen MR) is 107 cm³/mol. The molecule has 0 unspecified atom stereocenters. The average molecular weight is 451 g/mol. The van der Waals surface area contributed by atoms with Gasteiger partial charge in [-0.1, -0.05) is 29.3 Å². The van der Waals surface area contributed by atoms with Crippen LogP contribution >= 0.6 is 23.2 Å². The molecule has 2 aliphatic heterocycles. The van der Waals surface area contributed by atoms with Crippen LogP contribution in [0.4, 0.5) is 0 Å². The van der Waals surface area contributed by atoms with Crippen molar-refractivity contribution in [3.8, 4) is 0 Å². The van der Waals surface area contributed by atoms with E-state index in [1.54, 1.807) is 32.2 Å². The molecule has 2 heterocycles. The highest BCUT2D eigenvalue weighted by Crippen LogP contribution is 2.38. The molecule has 0 aliphatic carbocycles. The molecule has 0 spiro atoms. The van der Waals surface area contributed by atoms with Crippen LogP contribution in [-0.2, 0) is 24.4 Å². The number of nitrogens with zero attached hydrogens (tertiary/aromatic N) is 2. The number of halogens is 2. The average Bonchev–Trinajstić information content (AvgIpc) is 3.06. The molecular weight excluding hydrogens is 427 g/mol. The number of esters is 1. The number of carbonyl (C=O) groups excluding carboxylic acids is 1. The van der Waals surface area contributed by atoms with Gasteiger partial charge < -0.3 is 4.74 Å². The quantitative estimate of drug-likeness (QED) is 0.641. The molecule has 0 aromatic heterocycles. The standard InChI is InChI=1S/C18H24Cl2N2O5S/c1-3-26-18(23)13-5-4-8-22(10-13)28(24,25)16-11-27-21(2)17(16)12-6-7-14(19)15(20)9-12/h6-7,9,13,16-17H,3-5,8,10-11H2,1-2H3/t13-,16+,17+/m1/s1. The largest absolute Gasteiger partial charge is 0.466 e. The van der Waals surface area contributed by atoms with Crippen molar-refractivity contribution in [3.63, 3.8) is 0 Å². The van der Waals surface area contributed by atoms with Crippen molar-refractivity contribution in [2.24, 2.45) is 5.92 Å². The van der Waals surface area contributed by atoms with Gasteiger partial charge in [-0.15, -0.1) is 0 Å². The van der Waals surface area contributed by atoms with Crippen LogP contribution in [0.3, 0.4) is 0 Å². The van der Waals surface area contributed by atoms with Gasteiger partial charge in [-0.2, -0.15) is 5.06 Å². The van der Waals surface area contributed by atoms with Gasteiger partial charge in [-0.3, -0.25) is 9.63 Å². The predicted octanol–water partition coefficient (Wildman–Crippen LogP) is 2.89. The third kappa shape index (κ3) is 4.32. The minimum atomic E-state index is -3.71. The van der Waals surface area contributed by atoms with E-state index in [1.807, 2.05) is 0 Å². The van der Waals surface area contributed by atoms with Crippen molar-refractivity contribution in [2.45, 2.75) is 31.1 Å². The summed E-state index contributed by atoms with van der Waals surface area (Å²) >= 11 is 12.1. The van der Waals surface area contributed by atoms with E-state index < -0.39 is 27.2 Å². The molecule has 156 valence electrons. The van der Waals surface area contributed by atoms with E-state index >= 15 is 0 Å². The zero-order valence-electron chi connectivity index (χ0n) is 15.8. The van der Waals surface area contributed by atoms with Gasteiger partial charge in [-0.05, 0) is 37.5 Å². The van der Waals surface area contributed by atoms with Crippen molar-refractivity contribution in [1.29, 1.82) is 0 Å². The molecular formula is C18H24Cl2N2O5S. The molecule has 7 nitrogen and oxygen atoms in total. The van der Waals surface area contributed by atoms with E-state index in [-0.39, 0.29) is 25.7 Å². The van der Waals surface area contributed by atoms with Gasteiger partial charge in [0.25, 0.3) is 0 Å². The van der Waals surface area contributed by atoms with Crippen LogP contribution in [0.5, 0.6) is 0 Å². The molecule has 28 heavy (non-hydrogen) atoms. The third-order valence-corrected chi connectivity index (χ3v) is 8.17. The minimum Gasteiger partial charge on any atom is -0.466 e. The monoisotopic (exact) mass is 450 g/mol. The Morgan fingerprint density at radius 2 is 2.07 bits per heavy atom. The molecule has 0 N–H and O–H groups in total. The molecule has 2 aliphatic rings. The number of piperidine rings is 1. The van der Waals surface area contributed by atoms with Gasteiger partial charge in [0.05, 0.1) is 35.2 Å². The summed E-state index contributed by atoms with van der Waals surface area (Å²) in [7, 11) is -2.02. The summed E-state index contributed by atoms with van der Waals surface area (Å²) in [6.45, 7) is 2.57. The number of hydrogen-bond acceptors (Lipinski definition) is 6. The lowest BCUT2D eigenvalue weighted by Gasteiger charge is -2.34. The fourth-order valence-electron chi connectivity index (χ4n) is 3.78. The molecule has 2 fully saturated rings. The number of ether oxygens (including phenoxy) is 1. The summed E-state index contributed by atoms with van der Waals surface area (Å²) in [6.07, 6.45) is 1.24. The third-order valence-electron chi connectivity index (χ3n) is 5.22. The second kappa shape index (κ2) is 8.85. The second-order valence-corrected chi connectivity index (χ2v) is 9.96. The van der Waals surface area contributed by atoms with Crippen LogP contribution in [0.2, 0.25) is 10.0 Å². The van der Waals surface area contributed by atoms with E-state index in [9.17, 15) is 13.2 Å². The molecule has 10 heteroatoms. The molecule has 3 rings (SSSR count). The summed E-state index contributed by atoms with van der Waals surface area (Å²) in [6, 6.07) is 4.54. The first-order chi connectivity index (χ1) is 13.3. The lowest BCUT2D eigenvalue weighted by Crippen LogP contribution is -2.48. The number of sulfonamides is 1. The highest BCUT2D eigenvalue weighted by Gasteiger charge is 2.47. The van der Waals surface area contributed by atoms with Gasteiger partial charge >= 0.3 is 5.97 Å². The van der Waals surface area contributed by atoms with Crippen molar-refractivity contribution in [2.75, 3.05) is 33.4 Å². The molecule has 0 saturated carbocycles. The highest BCUT2D eigenvalue weighted by molar-refractivity contribution is 7.89. The van der Waals surface area contributed by atoms with Crippen LogP contribution < -0.4 is 0 Å². The fraction of sp³-hybridized carbons (Fsp3) is 0.611. The van der Waals surface area contributed by atoms with Crippen LogP contribution in [0, 0.1) is 5.92 Å². The Kier molecular flexibility index (Phi) is 6.89. The first-order valence-electron chi connectivity index (χ1n) is 9.22. The van der Waals surface area contributed by atoms with Gasteiger partial charge in [-0.25, -0.2) is 12.7 Å². The lowest BCUT2D eigenvalue weighted by molar-refractivity contribution is -0.149. The lowest BCUT2D eigenvalue weighted by atomic mass is 10.0. The Labute approximate surface area is 175 Å². The Morgan fingerprint density at radius 3 is 2.75 bits per heavy atom. The van der Waals surface area contributed by atoms with E-state index in [1.165, 1.54) is 9.37 Å². The molecule has 1 aromatic carbocycles. The normalized spacial score (nSPS) is 27.1. The number of hydroxylamine groups is 2. The Hall–Kier alpha value is -0.900. The summed E-state index contributed by atoms with van der Waals surface area (Å²) < 4.78 is 33.3. The number of benzene rings is 1. The maximum absolute atomic E-state index is 13.4. The topological polar surface area (TPSA) is 76.1 Å². The molecule has 0 bridgehead atoms. The van der Waals surface area contributed by atoms with Gasteiger partial charge in [0.1, 0.15) is 5.25 Å². The zero-order valence-corrected chi connectivity index (χ0v) is 18.1. The maximum atomic E-state index is 13.4. The Balaban J connectivity index is 1.85. The summed E-state index contributed by atoms with van der Waals surface area (Å²) in [4.78, 5) is 17.6. The van der Waals surface area contributed by atoms with Gasteiger partial charge in [0.2, 0.25) is 10.0 Å². The SMILES string of the molecule is CCOC(=O)[C@@H]1CCCN(S(=O)(=O)[C@H]2CON(C)[C@H]2c2ccc(Cl)c(Cl)c2)C1. The van der Waals surface area contributed by atoms with E-state index in [0.717, 1.165) is 0 Å². The second-order valence-electron chi connectivity index (χ2n) is 6.99. The number of hydrogen-bond donors (Lipinski definition) is 0. The molecule has 3 atom stereocenters. The van der Waals surface area contributed by atoms with Crippen LogP contribution in [-0.4, -0.2) is 62.4 Å². The van der Waals surface area contributed by atoms with Crippen molar-refractivity contribution >= 4 is 39.2 Å². The van der Waals surface area contributed by atoms with E-state index in [4.69, 9.17) is 32.8 Å². The zero-order chi connectivity index (χ0) is 20.5. The van der Waals surface area contributed by atoms with E-state index in [2.05, 4.69) is 0 Å². The molecule has 1 aromatic rings.